The molecule has 0 aliphatic rings. The second-order valence-corrected chi connectivity index (χ2v) is 5.58. The number of benzene rings is 1. The van der Waals surface area contributed by atoms with Crippen LogP contribution in [0.1, 0.15) is 29.3 Å². The van der Waals surface area contributed by atoms with Crippen LogP contribution in [0.15, 0.2) is 23.4 Å². The molecule has 104 valence electrons. The number of halogens is 1. The standard InChI is InChI=1S/C13H18IN3O2/c1-8-5-4-6-10(12(8)14)13(18)17(3)9(2)7-11(15)16-19/h4-6,9,19H,7H2,1-3H3,(H2,15,16). The lowest BCUT2D eigenvalue weighted by atomic mass is 10.1. The Morgan fingerprint density at radius 2 is 2.21 bits per heavy atom. The summed E-state index contributed by atoms with van der Waals surface area (Å²) in [5, 5.41) is 11.5. The maximum Gasteiger partial charge on any atom is 0.254 e. The zero-order valence-electron chi connectivity index (χ0n) is 11.2. The summed E-state index contributed by atoms with van der Waals surface area (Å²) < 4.78 is 0.952. The maximum atomic E-state index is 12.4. The van der Waals surface area contributed by atoms with Crippen LogP contribution in [-0.4, -0.2) is 34.9 Å². The van der Waals surface area contributed by atoms with Crippen LogP contribution in [0.3, 0.4) is 0 Å². The Hall–Kier alpha value is -1.31. The molecule has 6 heteroatoms. The van der Waals surface area contributed by atoms with Crippen molar-refractivity contribution in [2.45, 2.75) is 26.3 Å². The van der Waals surface area contributed by atoms with Crippen molar-refractivity contribution in [1.82, 2.24) is 4.90 Å². The van der Waals surface area contributed by atoms with Gasteiger partial charge in [0, 0.05) is 23.1 Å². The molecule has 1 atom stereocenters. The lowest BCUT2D eigenvalue weighted by Crippen LogP contribution is -2.38. The number of nitrogens with zero attached hydrogens (tertiary/aromatic N) is 2. The number of amidine groups is 1. The van der Waals surface area contributed by atoms with Gasteiger partial charge in [-0.2, -0.15) is 0 Å². The Kier molecular flexibility index (Phi) is 5.59. The minimum atomic E-state index is -0.139. The SMILES string of the molecule is Cc1cccc(C(=O)N(C)C(C)C/C(N)=N/O)c1I. The van der Waals surface area contributed by atoms with Crippen LogP contribution < -0.4 is 5.73 Å². The number of rotatable bonds is 4. The first-order valence-corrected chi connectivity index (χ1v) is 6.95. The summed E-state index contributed by atoms with van der Waals surface area (Å²) in [5.74, 6) is 0.0532. The third-order valence-corrected chi connectivity index (χ3v) is 4.47. The number of hydrogen-bond acceptors (Lipinski definition) is 3. The highest BCUT2D eigenvalue weighted by atomic mass is 127. The second kappa shape index (κ2) is 6.74. The fourth-order valence-corrected chi connectivity index (χ4v) is 2.27. The van der Waals surface area contributed by atoms with Crippen molar-refractivity contribution >= 4 is 34.3 Å². The van der Waals surface area contributed by atoms with Crippen molar-refractivity contribution in [2.24, 2.45) is 10.9 Å². The van der Waals surface area contributed by atoms with Crippen LogP contribution in [0, 0.1) is 10.5 Å². The summed E-state index contributed by atoms with van der Waals surface area (Å²) in [4.78, 5) is 14.0. The van der Waals surface area contributed by atoms with Crippen molar-refractivity contribution < 1.29 is 10.0 Å². The van der Waals surface area contributed by atoms with E-state index in [2.05, 4.69) is 27.7 Å². The Labute approximate surface area is 126 Å². The summed E-state index contributed by atoms with van der Waals surface area (Å²) in [6.45, 7) is 3.83. The van der Waals surface area contributed by atoms with E-state index in [1.165, 1.54) is 0 Å². The third kappa shape index (κ3) is 3.82. The average molecular weight is 375 g/mol. The van der Waals surface area contributed by atoms with Crippen molar-refractivity contribution in [3.05, 3.63) is 32.9 Å². The predicted molar refractivity (Wildman–Crippen MR) is 83.5 cm³/mol. The van der Waals surface area contributed by atoms with Gasteiger partial charge in [-0.05, 0) is 48.1 Å². The Morgan fingerprint density at radius 3 is 2.79 bits per heavy atom. The third-order valence-electron chi connectivity index (χ3n) is 3.04. The summed E-state index contributed by atoms with van der Waals surface area (Å²) in [6, 6.07) is 5.51. The Bertz CT molecular complexity index is 503. The molecule has 0 aromatic heterocycles. The fraction of sp³-hybridized carbons (Fsp3) is 0.385. The molecule has 3 N–H and O–H groups in total. The van der Waals surface area contributed by atoms with E-state index in [1.807, 2.05) is 32.0 Å². The van der Waals surface area contributed by atoms with Gasteiger partial charge < -0.3 is 15.8 Å². The van der Waals surface area contributed by atoms with Crippen LogP contribution in [0.25, 0.3) is 0 Å². The average Bonchev–Trinajstić information content (AvgIpc) is 2.39. The topological polar surface area (TPSA) is 78.9 Å². The van der Waals surface area contributed by atoms with E-state index in [9.17, 15) is 4.79 Å². The van der Waals surface area contributed by atoms with Gasteiger partial charge in [0.05, 0.1) is 5.56 Å². The minimum Gasteiger partial charge on any atom is -0.409 e. The molecule has 1 aromatic carbocycles. The largest absolute Gasteiger partial charge is 0.409 e. The zero-order valence-corrected chi connectivity index (χ0v) is 13.4. The number of carbonyl (C=O) groups is 1. The van der Waals surface area contributed by atoms with E-state index in [1.54, 1.807) is 11.9 Å². The molecule has 0 aliphatic heterocycles. The van der Waals surface area contributed by atoms with Crippen LogP contribution >= 0.6 is 22.6 Å². The molecule has 0 heterocycles. The molecule has 19 heavy (non-hydrogen) atoms. The quantitative estimate of drug-likeness (QED) is 0.278. The fourth-order valence-electron chi connectivity index (χ4n) is 1.68. The van der Waals surface area contributed by atoms with Gasteiger partial charge in [0.25, 0.3) is 5.91 Å². The first-order valence-electron chi connectivity index (χ1n) is 5.87. The molecule has 0 fully saturated rings. The maximum absolute atomic E-state index is 12.4. The second-order valence-electron chi connectivity index (χ2n) is 4.50. The Balaban J connectivity index is 2.90. The van der Waals surface area contributed by atoms with Gasteiger partial charge in [-0.25, -0.2) is 0 Å². The smallest absolute Gasteiger partial charge is 0.254 e. The molecule has 5 nitrogen and oxygen atoms in total. The van der Waals surface area contributed by atoms with Gasteiger partial charge >= 0.3 is 0 Å². The van der Waals surface area contributed by atoms with Crippen molar-refractivity contribution in [2.75, 3.05) is 7.05 Å². The molecule has 1 amide bonds. The molecule has 0 saturated carbocycles. The van der Waals surface area contributed by atoms with Crippen LogP contribution in [0.2, 0.25) is 0 Å². The number of aryl methyl sites for hydroxylation is 1. The number of oxime groups is 1. The molecule has 0 aliphatic carbocycles. The number of carbonyl (C=O) groups excluding carboxylic acids is 1. The van der Waals surface area contributed by atoms with Crippen molar-refractivity contribution in [3.63, 3.8) is 0 Å². The van der Waals surface area contributed by atoms with E-state index >= 15 is 0 Å². The summed E-state index contributed by atoms with van der Waals surface area (Å²) in [5.41, 5.74) is 7.21. The van der Waals surface area contributed by atoms with Crippen LogP contribution in [-0.2, 0) is 0 Å². The van der Waals surface area contributed by atoms with Gasteiger partial charge in [-0.3, -0.25) is 4.79 Å². The van der Waals surface area contributed by atoms with Gasteiger partial charge in [0.15, 0.2) is 0 Å². The van der Waals surface area contributed by atoms with Crippen LogP contribution in [0.5, 0.6) is 0 Å². The van der Waals surface area contributed by atoms with Crippen LogP contribution in [0.4, 0.5) is 0 Å². The van der Waals surface area contributed by atoms with E-state index in [0.29, 0.717) is 12.0 Å². The first kappa shape index (κ1) is 15.7. The van der Waals surface area contributed by atoms with Crippen molar-refractivity contribution in [3.8, 4) is 0 Å². The molecule has 0 spiro atoms. The van der Waals surface area contributed by atoms with Gasteiger partial charge in [0.2, 0.25) is 0 Å². The number of amides is 1. The van der Waals surface area contributed by atoms with Gasteiger partial charge in [0.1, 0.15) is 5.84 Å². The molecule has 0 bridgehead atoms. The van der Waals surface area contributed by atoms with E-state index in [0.717, 1.165) is 9.13 Å². The summed E-state index contributed by atoms with van der Waals surface area (Å²) in [6.07, 6.45) is 0.334. The normalized spacial score (nSPS) is 13.2. The van der Waals surface area contributed by atoms with E-state index in [4.69, 9.17) is 10.9 Å². The summed E-state index contributed by atoms with van der Waals surface area (Å²) in [7, 11) is 1.72. The van der Waals surface area contributed by atoms with Crippen molar-refractivity contribution in [1.29, 1.82) is 0 Å². The number of hydrogen-bond donors (Lipinski definition) is 2. The lowest BCUT2D eigenvalue weighted by molar-refractivity contribution is 0.0746. The molecule has 1 aromatic rings. The highest BCUT2D eigenvalue weighted by Gasteiger charge is 2.20. The molecule has 1 rings (SSSR count). The Morgan fingerprint density at radius 1 is 1.58 bits per heavy atom. The minimum absolute atomic E-state index is 0.0636. The summed E-state index contributed by atoms with van der Waals surface area (Å²) >= 11 is 2.17. The van der Waals surface area contributed by atoms with Gasteiger partial charge in [-0.15, -0.1) is 0 Å². The highest BCUT2D eigenvalue weighted by molar-refractivity contribution is 14.1. The lowest BCUT2D eigenvalue weighted by Gasteiger charge is -2.25. The molecule has 1 unspecified atom stereocenters. The number of nitrogens with two attached hydrogens (primary N) is 1. The highest BCUT2D eigenvalue weighted by Crippen LogP contribution is 2.19. The molecular formula is C13H18IN3O2. The zero-order chi connectivity index (χ0) is 14.6. The van der Waals surface area contributed by atoms with E-state index < -0.39 is 0 Å². The monoisotopic (exact) mass is 375 g/mol. The predicted octanol–water partition coefficient (Wildman–Crippen LogP) is 2.20. The van der Waals surface area contributed by atoms with Gasteiger partial charge in [-0.1, -0.05) is 17.3 Å². The van der Waals surface area contributed by atoms with E-state index in [-0.39, 0.29) is 17.8 Å². The first-order chi connectivity index (χ1) is 8.88. The molecule has 0 radical (unpaired) electrons. The molecule has 0 saturated heterocycles. The molecular weight excluding hydrogens is 357 g/mol.